The second-order valence-corrected chi connectivity index (χ2v) is 9.35. The van der Waals surface area contributed by atoms with Crippen LogP contribution in [0.2, 0.25) is 5.02 Å². The summed E-state index contributed by atoms with van der Waals surface area (Å²) in [5.41, 5.74) is 0.289. The first-order valence-electron chi connectivity index (χ1n) is 9.90. The molecule has 2 amide bonds. The number of nitrogens with zero attached hydrogens (tertiary/aromatic N) is 3. The molecular formula is C22H21ClFN3O3. The van der Waals surface area contributed by atoms with Crippen molar-refractivity contribution in [3.63, 3.8) is 0 Å². The minimum absolute atomic E-state index is 0.125. The number of amides is 2. The third-order valence-electron chi connectivity index (χ3n) is 6.53. The molecule has 2 heterocycles. The standard InChI is InChI=1S/C22H21ClFN3O3/c1-13-6-16(24)19(25-7-13)27-9-17(28)26(8-14-2-4-15(23)5-3-14)18(20(27)29)21-10-22(30,11-21)12-21/h2-7,18,30H,8-12H2,1H3/t18-,21?,22?/m1/s1. The van der Waals surface area contributed by atoms with Gasteiger partial charge < -0.3 is 10.0 Å². The van der Waals surface area contributed by atoms with E-state index >= 15 is 0 Å². The SMILES string of the molecule is Cc1cnc(N2CC(=O)N(Cc3ccc(Cl)cc3)[C@@H](C34CC(O)(C3)C4)C2=O)c(F)c1. The summed E-state index contributed by atoms with van der Waals surface area (Å²) >= 11 is 5.96. The first-order chi connectivity index (χ1) is 14.2. The molecule has 3 saturated carbocycles. The van der Waals surface area contributed by atoms with Crippen molar-refractivity contribution < 1.29 is 19.1 Å². The number of hydrogen-bond donors (Lipinski definition) is 1. The number of pyridine rings is 1. The average molecular weight is 430 g/mol. The Morgan fingerprint density at radius 3 is 2.50 bits per heavy atom. The predicted molar refractivity (Wildman–Crippen MR) is 108 cm³/mol. The second kappa shape index (κ2) is 6.49. The van der Waals surface area contributed by atoms with Crippen molar-refractivity contribution in [2.45, 2.75) is 44.4 Å². The third-order valence-corrected chi connectivity index (χ3v) is 6.78. The van der Waals surface area contributed by atoms with Crippen LogP contribution in [0, 0.1) is 18.2 Å². The maximum atomic E-state index is 14.6. The summed E-state index contributed by atoms with van der Waals surface area (Å²) in [7, 11) is 0. The number of carbonyl (C=O) groups excluding carboxylic acids is 2. The van der Waals surface area contributed by atoms with Crippen LogP contribution < -0.4 is 4.90 Å². The van der Waals surface area contributed by atoms with Gasteiger partial charge in [0.05, 0.1) is 5.60 Å². The summed E-state index contributed by atoms with van der Waals surface area (Å²) in [4.78, 5) is 33.5. The Labute approximate surface area is 178 Å². The molecule has 2 aromatic rings. The molecule has 1 N–H and O–H groups in total. The predicted octanol–water partition coefficient (Wildman–Crippen LogP) is 2.84. The van der Waals surface area contributed by atoms with E-state index in [9.17, 15) is 19.1 Å². The maximum absolute atomic E-state index is 14.6. The Morgan fingerprint density at radius 2 is 1.90 bits per heavy atom. The van der Waals surface area contributed by atoms with Crippen molar-refractivity contribution in [2.75, 3.05) is 11.4 Å². The molecule has 0 unspecified atom stereocenters. The zero-order valence-electron chi connectivity index (χ0n) is 16.4. The number of hydrogen-bond acceptors (Lipinski definition) is 4. The van der Waals surface area contributed by atoms with Crippen molar-refractivity contribution in [3.05, 3.63) is 58.5 Å². The van der Waals surface area contributed by atoms with E-state index in [1.807, 2.05) is 12.1 Å². The van der Waals surface area contributed by atoms with Gasteiger partial charge in [0, 0.05) is 23.2 Å². The number of piperazine rings is 1. The summed E-state index contributed by atoms with van der Waals surface area (Å²) in [6, 6.07) is 7.67. The van der Waals surface area contributed by atoms with E-state index in [4.69, 9.17) is 11.6 Å². The number of halogens is 2. The van der Waals surface area contributed by atoms with E-state index in [-0.39, 0.29) is 30.7 Å². The molecule has 1 aromatic heterocycles. The fourth-order valence-corrected chi connectivity index (χ4v) is 5.42. The molecule has 1 aromatic carbocycles. The van der Waals surface area contributed by atoms with Gasteiger partial charge in [0.2, 0.25) is 5.91 Å². The zero-order chi connectivity index (χ0) is 21.3. The molecule has 0 radical (unpaired) electrons. The Morgan fingerprint density at radius 1 is 1.23 bits per heavy atom. The van der Waals surface area contributed by atoms with Crippen molar-refractivity contribution in [1.29, 1.82) is 0 Å². The van der Waals surface area contributed by atoms with E-state index in [0.717, 1.165) is 10.5 Å². The normalized spacial score (nSPS) is 30.2. The van der Waals surface area contributed by atoms with Gasteiger partial charge in [-0.25, -0.2) is 9.37 Å². The topological polar surface area (TPSA) is 73.7 Å². The van der Waals surface area contributed by atoms with Gasteiger partial charge in [0.15, 0.2) is 11.6 Å². The van der Waals surface area contributed by atoms with Crippen LogP contribution in [0.15, 0.2) is 36.5 Å². The van der Waals surface area contributed by atoms with Crippen LogP contribution in [0.4, 0.5) is 10.2 Å². The maximum Gasteiger partial charge on any atom is 0.252 e. The highest BCUT2D eigenvalue weighted by Crippen LogP contribution is 2.70. The first kappa shape index (κ1) is 19.5. The van der Waals surface area contributed by atoms with Crippen LogP contribution in [-0.2, 0) is 16.1 Å². The average Bonchev–Trinajstić information content (AvgIpc) is 2.64. The number of aliphatic hydroxyl groups is 1. The van der Waals surface area contributed by atoms with Crippen molar-refractivity contribution in [1.82, 2.24) is 9.88 Å². The molecule has 1 aliphatic heterocycles. The fourth-order valence-electron chi connectivity index (χ4n) is 5.29. The van der Waals surface area contributed by atoms with Gasteiger partial charge in [-0.05, 0) is 55.5 Å². The zero-order valence-corrected chi connectivity index (χ0v) is 17.2. The quantitative estimate of drug-likeness (QED) is 0.811. The van der Waals surface area contributed by atoms with Gasteiger partial charge in [-0.15, -0.1) is 0 Å². The second-order valence-electron chi connectivity index (χ2n) is 8.91. The molecule has 3 aliphatic carbocycles. The molecule has 4 aliphatic rings. The number of aromatic nitrogens is 1. The minimum Gasteiger partial charge on any atom is -0.390 e. The van der Waals surface area contributed by atoms with Gasteiger partial charge in [0.25, 0.3) is 5.91 Å². The Bertz CT molecular complexity index is 1040. The molecule has 30 heavy (non-hydrogen) atoms. The van der Waals surface area contributed by atoms with Gasteiger partial charge in [-0.2, -0.15) is 0 Å². The fraction of sp³-hybridized carbons (Fsp3) is 0.409. The van der Waals surface area contributed by atoms with Crippen LogP contribution in [0.1, 0.15) is 30.4 Å². The first-order valence-corrected chi connectivity index (χ1v) is 10.3. The molecule has 0 spiro atoms. The van der Waals surface area contributed by atoms with E-state index < -0.39 is 22.9 Å². The van der Waals surface area contributed by atoms with Gasteiger partial charge in [-0.1, -0.05) is 23.7 Å². The highest BCUT2D eigenvalue weighted by molar-refractivity contribution is 6.30. The lowest BCUT2D eigenvalue weighted by molar-refractivity contribution is -0.280. The summed E-state index contributed by atoms with van der Waals surface area (Å²) < 4.78 is 14.6. The molecule has 1 saturated heterocycles. The molecule has 2 bridgehead atoms. The summed E-state index contributed by atoms with van der Waals surface area (Å²) in [6.45, 7) is 1.70. The Kier molecular flexibility index (Phi) is 4.21. The van der Waals surface area contributed by atoms with Crippen molar-refractivity contribution >= 4 is 29.2 Å². The summed E-state index contributed by atoms with van der Waals surface area (Å²) in [6.07, 6.45) is 2.89. The number of aryl methyl sites for hydroxylation is 1. The van der Waals surface area contributed by atoms with Gasteiger partial charge in [-0.3, -0.25) is 14.5 Å². The lowest BCUT2D eigenvalue weighted by atomic mass is 9.38. The Balaban J connectivity index is 1.50. The molecule has 4 fully saturated rings. The lowest BCUT2D eigenvalue weighted by Gasteiger charge is -2.71. The van der Waals surface area contributed by atoms with E-state index in [1.165, 1.54) is 12.3 Å². The smallest absolute Gasteiger partial charge is 0.252 e. The van der Waals surface area contributed by atoms with Gasteiger partial charge in [0.1, 0.15) is 12.6 Å². The molecule has 1 atom stereocenters. The minimum atomic E-state index is -0.758. The summed E-state index contributed by atoms with van der Waals surface area (Å²) in [5, 5.41) is 10.9. The van der Waals surface area contributed by atoms with E-state index in [1.54, 1.807) is 24.0 Å². The molecule has 156 valence electrons. The highest BCUT2D eigenvalue weighted by atomic mass is 35.5. The van der Waals surface area contributed by atoms with Gasteiger partial charge >= 0.3 is 0 Å². The summed E-state index contributed by atoms with van der Waals surface area (Å²) in [5.74, 6) is -1.37. The van der Waals surface area contributed by atoms with Crippen molar-refractivity contribution in [3.8, 4) is 0 Å². The number of carbonyl (C=O) groups is 2. The number of rotatable bonds is 4. The highest BCUT2D eigenvalue weighted by Gasteiger charge is 2.73. The van der Waals surface area contributed by atoms with Crippen LogP contribution in [0.5, 0.6) is 0 Å². The monoisotopic (exact) mass is 429 g/mol. The van der Waals surface area contributed by atoms with Crippen LogP contribution in [-0.4, -0.2) is 45.0 Å². The number of benzene rings is 1. The molecule has 6 nitrogen and oxygen atoms in total. The number of anilines is 1. The molecular weight excluding hydrogens is 409 g/mol. The van der Waals surface area contributed by atoms with Crippen LogP contribution in [0.25, 0.3) is 0 Å². The molecule has 6 rings (SSSR count). The van der Waals surface area contributed by atoms with Crippen LogP contribution in [0.3, 0.4) is 0 Å². The largest absolute Gasteiger partial charge is 0.390 e. The van der Waals surface area contributed by atoms with Crippen LogP contribution >= 0.6 is 11.6 Å². The Hall–Kier alpha value is -2.51. The van der Waals surface area contributed by atoms with E-state index in [0.29, 0.717) is 29.8 Å². The molecule has 8 heteroatoms. The lowest BCUT2D eigenvalue weighted by Crippen LogP contribution is -2.78. The van der Waals surface area contributed by atoms with E-state index in [2.05, 4.69) is 4.98 Å². The third kappa shape index (κ3) is 2.91. The van der Waals surface area contributed by atoms with Crippen molar-refractivity contribution in [2.24, 2.45) is 5.41 Å².